The molecule has 2 heterocycles. The zero-order valence-electron chi connectivity index (χ0n) is 18.4. The van der Waals surface area contributed by atoms with Gasteiger partial charge in [0.1, 0.15) is 17.7 Å². The predicted molar refractivity (Wildman–Crippen MR) is 116 cm³/mol. The van der Waals surface area contributed by atoms with Crippen molar-refractivity contribution in [1.82, 2.24) is 19.9 Å². The van der Waals surface area contributed by atoms with E-state index < -0.39 is 64.5 Å². The summed E-state index contributed by atoms with van der Waals surface area (Å²) in [7, 11) is 0. The van der Waals surface area contributed by atoms with E-state index in [1.165, 1.54) is 22.8 Å². The van der Waals surface area contributed by atoms with Crippen LogP contribution in [0, 0.1) is 11.6 Å². The molecule has 0 unspecified atom stereocenters. The highest BCUT2D eigenvalue weighted by atomic mass is 19.4. The minimum atomic E-state index is -5.20. The van der Waals surface area contributed by atoms with Crippen molar-refractivity contribution in [2.75, 3.05) is 12.3 Å². The minimum Gasteiger partial charge on any atom is -0.382 e. The third-order valence-corrected chi connectivity index (χ3v) is 5.41. The topological polar surface area (TPSA) is 106 Å². The molecule has 14 heteroatoms. The molecule has 2 aromatic carbocycles. The number of benzene rings is 2. The number of aliphatic hydroxyl groups excluding tert-OH is 1. The van der Waals surface area contributed by atoms with Gasteiger partial charge in [-0.2, -0.15) is 18.2 Å². The van der Waals surface area contributed by atoms with Crippen molar-refractivity contribution in [2.24, 2.45) is 0 Å². The van der Waals surface area contributed by atoms with Gasteiger partial charge in [-0.15, -0.1) is 5.10 Å². The summed E-state index contributed by atoms with van der Waals surface area (Å²) < 4.78 is 99.4. The van der Waals surface area contributed by atoms with Crippen LogP contribution in [0.3, 0.4) is 0 Å². The molecule has 0 radical (unpaired) electrons. The van der Waals surface area contributed by atoms with E-state index in [0.29, 0.717) is 6.07 Å². The lowest BCUT2D eigenvalue weighted by Crippen LogP contribution is -2.41. The van der Waals surface area contributed by atoms with Gasteiger partial charge in [0, 0.05) is 11.8 Å². The quantitative estimate of drug-likeness (QED) is 0.323. The Morgan fingerprint density at radius 1 is 1.05 bits per heavy atom. The number of pyridine rings is 1. The van der Waals surface area contributed by atoms with Crippen molar-refractivity contribution < 1.29 is 40.6 Å². The summed E-state index contributed by atoms with van der Waals surface area (Å²) in [6.45, 7) is -1.64. The third-order valence-electron chi connectivity index (χ3n) is 5.41. The average Bonchev–Trinajstić information content (AvgIpc) is 3.21. The molecule has 0 spiro atoms. The first-order chi connectivity index (χ1) is 17.3. The number of carbonyl (C=O) groups excluding carboxylic acids is 1. The number of amides is 1. The molecule has 37 heavy (non-hydrogen) atoms. The maximum absolute atomic E-state index is 15.4. The Morgan fingerprint density at radius 2 is 1.73 bits per heavy atom. The van der Waals surface area contributed by atoms with Gasteiger partial charge in [-0.05, 0) is 41.5 Å². The van der Waals surface area contributed by atoms with E-state index in [4.69, 9.17) is 5.73 Å². The Morgan fingerprint density at radius 3 is 2.38 bits per heavy atom. The molecule has 0 bridgehead atoms. The number of nitrogens with zero attached hydrogens (tertiary/aromatic N) is 3. The molecular weight excluding hydrogens is 511 g/mol. The minimum absolute atomic E-state index is 0.0113. The second-order valence-corrected chi connectivity index (χ2v) is 7.93. The highest BCUT2D eigenvalue weighted by molar-refractivity contribution is 5.97. The van der Waals surface area contributed by atoms with Gasteiger partial charge in [-0.25, -0.2) is 22.1 Å². The second-order valence-electron chi connectivity index (χ2n) is 7.93. The van der Waals surface area contributed by atoms with Crippen LogP contribution in [-0.2, 0) is 6.18 Å². The Bertz CT molecular complexity index is 1470. The van der Waals surface area contributed by atoms with E-state index in [9.17, 15) is 36.2 Å². The summed E-state index contributed by atoms with van der Waals surface area (Å²) >= 11 is 0. The van der Waals surface area contributed by atoms with E-state index >= 15 is 4.39 Å². The Labute approximate surface area is 203 Å². The normalized spacial score (nSPS) is 13.1. The van der Waals surface area contributed by atoms with Crippen LogP contribution in [0.2, 0.25) is 0 Å². The van der Waals surface area contributed by atoms with Crippen LogP contribution in [-0.4, -0.2) is 38.1 Å². The SMILES string of the molecule is Nc1nc2cc(-c3ccc(C(F)(F)F)c(C(=O)NCC(F)(F)[C@@H](O)c4ccc(F)cc4)c3F)ccn2n1. The molecule has 0 aliphatic carbocycles. The van der Waals surface area contributed by atoms with Gasteiger partial charge >= 0.3 is 6.18 Å². The van der Waals surface area contributed by atoms with Crippen molar-refractivity contribution in [3.05, 3.63) is 83.1 Å². The molecule has 2 aromatic heterocycles. The summed E-state index contributed by atoms with van der Waals surface area (Å²) in [5.41, 5.74) is 1.57. The van der Waals surface area contributed by atoms with E-state index in [1.54, 1.807) is 5.32 Å². The number of nitrogen functional groups attached to an aromatic ring is 1. The fourth-order valence-electron chi connectivity index (χ4n) is 3.60. The van der Waals surface area contributed by atoms with Gasteiger partial charge in [0.05, 0.1) is 17.7 Å². The first-order valence-electron chi connectivity index (χ1n) is 10.4. The number of aromatic nitrogens is 3. The maximum atomic E-state index is 15.4. The number of alkyl halides is 5. The number of anilines is 1. The molecule has 7 nitrogen and oxygen atoms in total. The first kappa shape index (κ1) is 25.9. The molecule has 4 N–H and O–H groups in total. The molecule has 0 saturated carbocycles. The van der Waals surface area contributed by atoms with Crippen LogP contribution in [0.15, 0.2) is 54.7 Å². The fraction of sp³-hybridized carbons (Fsp3) is 0.174. The molecule has 0 saturated heterocycles. The zero-order valence-corrected chi connectivity index (χ0v) is 18.4. The summed E-state index contributed by atoms with van der Waals surface area (Å²) in [5, 5.41) is 15.3. The summed E-state index contributed by atoms with van der Waals surface area (Å²) in [6.07, 6.45) is -6.43. The van der Waals surface area contributed by atoms with Crippen molar-refractivity contribution in [3.63, 3.8) is 0 Å². The number of nitrogens with one attached hydrogen (secondary N) is 1. The lowest BCUT2D eigenvalue weighted by Gasteiger charge is -2.24. The molecule has 0 fully saturated rings. The van der Waals surface area contributed by atoms with Crippen molar-refractivity contribution in [1.29, 1.82) is 0 Å². The van der Waals surface area contributed by atoms with Crippen LogP contribution >= 0.6 is 0 Å². The predicted octanol–water partition coefficient (Wildman–Crippen LogP) is 4.37. The Kier molecular flexibility index (Phi) is 6.54. The molecule has 194 valence electrons. The van der Waals surface area contributed by atoms with Gasteiger partial charge in [0.15, 0.2) is 5.65 Å². The third kappa shape index (κ3) is 5.18. The molecule has 4 aromatic rings. The molecule has 1 atom stereocenters. The summed E-state index contributed by atoms with van der Waals surface area (Å²) in [6, 6.07) is 7.14. The van der Waals surface area contributed by atoms with Crippen LogP contribution in [0.25, 0.3) is 16.8 Å². The number of fused-ring (bicyclic) bond motifs is 1. The van der Waals surface area contributed by atoms with Gasteiger partial charge in [0.2, 0.25) is 5.95 Å². The molecule has 0 aliphatic rings. The van der Waals surface area contributed by atoms with Crippen LogP contribution in [0.5, 0.6) is 0 Å². The number of halogens is 7. The molecule has 4 rings (SSSR count). The van der Waals surface area contributed by atoms with Crippen molar-refractivity contribution in [3.8, 4) is 11.1 Å². The Hall–Kier alpha value is -4.20. The van der Waals surface area contributed by atoms with Crippen LogP contribution < -0.4 is 11.1 Å². The first-order valence-corrected chi connectivity index (χ1v) is 10.4. The molecule has 1 amide bonds. The lowest BCUT2D eigenvalue weighted by atomic mass is 9.97. The number of hydrogen-bond acceptors (Lipinski definition) is 5. The van der Waals surface area contributed by atoms with Gasteiger partial charge in [-0.1, -0.05) is 18.2 Å². The van der Waals surface area contributed by atoms with E-state index in [-0.39, 0.29) is 17.2 Å². The van der Waals surface area contributed by atoms with Gasteiger partial charge < -0.3 is 16.2 Å². The largest absolute Gasteiger partial charge is 0.417 e. The number of nitrogens with two attached hydrogens (primary N) is 1. The monoisotopic (exact) mass is 527 g/mol. The summed E-state index contributed by atoms with van der Waals surface area (Å²) in [4.78, 5) is 16.5. The highest BCUT2D eigenvalue weighted by Gasteiger charge is 2.42. The molecule has 0 aliphatic heterocycles. The summed E-state index contributed by atoms with van der Waals surface area (Å²) in [5.74, 6) is -8.38. The van der Waals surface area contributed by atoms with Crippen molar-refractivity contribution in [2.45, 2.75) is 18.2 Å². The number of carbonyl (C=O) groups is 1. The fourth-order valence-corrected chi connectivity index (χ4v) is 3.60. The molecular formula is C23H16F7N5O2. The highest BCUT2D eigenvalue weighted by Crippen LogP contribution is 2.37. The number of aliphatic hydroxyl groups is 1. The van der Waals surface area contributed by atoms with Crippen LogP contribution in [0.1, 0.15) is 27.6 Å². The van der Waals surface area contributed by atoms with Gasteiger partial charge in [-0.3, -0.25) is 4.79 Å². The van der Waals surface area contributed by atoms with E-state index in [0.717, 1.165) is 30.3 Å². The van der Waals surface area contributed by atoms with Gasteiger partial charge in [0.25, 0.3) is 11.8 Å². The smallest absolute Gasteiger partial charge is 0.382 e. The second kappa shape index (κ2) is 9.35. The van der Waals surface area contributed by atoms with Crippen LogP contribution in [0.4, 0.5) is 36.7 Å². The number of rotatable bonds is 6. The van der Waals surface area contributed by atoms with E-state index in [2.05, 4.69) is 10.1 Å². The standard InChI is InChI=1S/C23H16F7N5O2/c24-13-3-1-11(2-4-13)19(36)22(26,27)10-32-20(37)17-15(23(28,29)30)6-5-14(18(17)25)12-7-8-35-16(9-12)33-21(31)34-35/h1-9,19,36H,10H2,(H2,31,34)(H,32,37)/t19-/m0/s1. The Balaban J connectivity index is 1.67. The number of hydrogen-bond donors (Lipinski definition) is 3. The zero-order chi connectivity index (χ0) is 27.1. The lowest BCUT2D eigenvalue weighted by molar-refractivity contribution is -0.138. The maximum Gasteiger partial charge on any atom is 0.417 e. The van der Waals surface area contributed by atoms with E-state index in [1.807, 2.05) is 0 Å². The van der Waals surface area contributed by atoms with Crippen molar-refractivity contribution >= 4 is 17.5 Å². The average molecular weight is 527 g/mol.